The summed E-state index contributed by atoms with van der Waals surface area (Å²) in [5, 5.41) is 0. The van der Waals surface area contributed by atoms with Gasteiger partial charge in [-0.05, 0) is 12.8 Å². The summed E-state index contributed by atoms with van der Waals surface area (Å²) in [5.74, 6) is 0.469. The van der Waals surface area contributed by atoms with Crippen molar-refractivity contribution in [2.45, 2.75) is 58.3 Å². The summed E-state index contributed by atoms with van der Waals surface area (Å²) in [6.07, 6.45) is 11.4. The molecule has 0 aliphatic rings. The Morgan fingerprint density at radius 2 is 1.82 bits per heavy atom. The second-order valence-corrected chi connectivity index (χ2v) is 4.50. The fourth-order valence-corrected chi connectivity index (χ4v) is 1.91. The predicted octanol–water partition coefficient (Wildman–Crippen LogP) is 2.65. The second kappa shape index (κ2) is 7.87. The Labute approximate surface area is 103 Å². The minimum atomic E-state index is -0.370. The summed E-state index contributed by atoms with van der Waals surface area (Å²) >= 11 is 0. The van der Waals surface area contributed by atoms with E-state index < -0.39 is 0 Å². The van der Waals surface area contributed by atoms with Crippen LogP contribution < -0.4 is 11.4 Å². The lowest BCUT2D eigenvalue weighted by Gasteiger charge is -2.04. The number of hydrogen-bond donors (Lipinski definition) is 2. The van der Waals surface area contributed by atoms with Gasteiger partial charge in [0.05, 0.1) is 0 Å². The smallest absolute Gasteiger partial charge is 0.346 e. The molecule has 0 spiro atoms. The number of nitrogens with one attached hydrogen (secondary N) is 1. The van der Waals surface area contributed by atoms with Gasteiger partial charge < -0.3 is 5.73 Å². The van der Waals surface area contributed by atoms with Crippen molar-refractivity contribution in [3.63, 3.8) is 0 Å². The zero-order valence-corrected chi connectivity index (χ0v) is 10.7. The van der Waals surface area contributed by atoms with Gasteiger partial charge in [0, 0.05) is 11.8 Å². The molecule has 0 saturated carbocycles. The fourth-order valence-electron chi connectivity index (χ4n) is 1.91. The zero-order chi connectivity index (χ0) is 12.5. The minimum Gasteiger partial charge on any atom is -0.385 e. The molecule has 0 unspecified atom stereocenters. The van der Waals surface area contributed by atoms with Gasteiger partial charge in [-0.1, -0.05) is 45.4 Å². The van der Waals surface area contributed by atoms with Crippen molar-refractivity contribution < 1.29 is 0 Å². The molecule has 0 fully saturated rings. The standard InChI is InChI=1S/C13H23N3O/c1-2-3-4-5-6-7-8-9-11-10-15-13(17)16-12(11)14/h10H,2-9H2,1H3,(H3,14,15,16,17). The number of aryl methyl sites for hydroxylation is 1. The summed E-state index contributed by atoms with van der Waals surface area (Å²) in [6, 6.07) is 0. The summed E-state index contributed by atoms with van der Waals surface area (Å²) in [4.78, 5) is 17.1. The molecule has 17 heavy (non-hydrogen) atoms. The summed E-state index contributed by atoms with van der Waals surface area (Å²) < 4.78 is 0. The number of nitrogens with two attached hydrogens (primary N) is 1. The molecule has 96 valence electrons. The summed E-state index contributed by atoms with van der Waals surface area (Å²) in [5.41, 5.74) is 6.29. The van der Waals surface area contributed by atoms with E-state index in [1.54, 1.807) is 6.20 Å². The van der Waals surface area contributed by atoms with E-state index in [-0.39, 0.29) is 5.69 Å². The SMILES string of the molecule is CCCCCCCCCc1cnc(=O)[nH]c1N. The molecule has 0 aliphatic carbocycles. The highest BCUT2D eigenvalue weighted by molar-refractivity contribution is 5.36. The Balaban J connectivity index is 2.16. The monoisotopic (exact) mass is 237 g/mol. The van der Waals surface area contributed by atoms with E-state index >= 15 is 0 Å². The van der Waals surface area contributed by atoms with Crippen molar-refractivity contribution in [2.24, 2.45) is 0 Å². The highest BCUT2D eigenvalue weighted by Crippen LogP contribution is 2.12. The molecule has 0 amide bonds. The van der Waals surface area contributed by atoms with Crippen LogP contribution in [0.5, 0.6) is 0 Å². The number of aromatic nitrogens is 2. The summed E-state index contributed by atoms with van der Waals surface area (Å²) in [7, 11) is 0. The van der Waals surface area contributed by atoms with Crippen LogP contribution in [0, 0.1) is 0 Å². The quantitative estimate of drug-likeness (QED) is 0.683. The first-order valence-corrected chi connectivity index (χ1v) is 6.57. The van der Waals surface area contributed by atoms with Crippen molar-refractivity contribution in [2.75, 3.05) is 5.73 Å². The second-order valence-electron chi connectivity index (χ2n) is 4.50. The molecule has 1 aromatic rings. The molecule has 3 N–H and O–H groups in total. The van der Waals surface area contributed by atoms with E-state index in [2.05, 4.69) is 16.9 Å². The van der Waals surface area contributed by atoms with Crippen LogP contribution >= 0.6 is 0 Å². The van der Waals surface area contributed by atoms with E-state index in [9.17, 15) is 4.79 Å². The molecule has 1 heterocycles. The van der Waals surface area contributed by atoms with Gasteiger partial charge in [-0.3, -0.25) is 4.98 Å². The van der Waals surface area contributed by atoms with Gasteiger partial charge >= 0.3 is 5.69 Å². The molecule has 0 aliphatic heterocycles. The number of hydrogen-bond acceptors (Lipinski definition) is 3. The lowest BCUT2D eigenvalue weighted by Crippen LogP contribution is -2.13. The average Bonchev–Trinajstić information content (AvgIpc) is 2.30. The maximum absolute atomic E-state index is 10.9. The van der Waals surface area contributed by atoms with Crippen LogP contribution in [-0.2, 0) is 6.42 Å². The van der Waals surface area contributed by atoms with Crippen LogP contribution in [0.15, 0.2) is 11.0 Å². The first-order chi connectivity index (χ1) is 8.24. The number of aromatic amines is 1. The van der Waals surface area contributed by atoms with Crippen LogP contribution in [0.1, 0.15) is 57.4 Å². The predicted molar refractivity (Wildman–Crippen MR) is 71.0 cm³/mol. The molecule has 0 atom stereocenters. The third kappa shape index (κ3) is 5.52. The van der Waals surface area contributed by atoms with Crippen LogP contribution in [0.2, 0.25) is 0 Å². The lowest BCUT2D eigenvalue weighted by atomic mass is 10.1. The molecule has 0 radical (unpaired) electrons. The molecule has 1 rings (SSSR count). The average molecular weight is 237 g/mol. The van der Waals surface area contributed by atoms with E-state index in [0.29, 0.717) is 5.82 Å². The van der Waals surface area contributed by atoms with Gasteiger partial charge in [-0.15, -0.1) is 0 Å². The van der Waals surface area contributed by atoms with Crippen molar-refractivity contribution in [1.82, 2.24) is 9.97 Å². The Morgan fingerprint density at radius 3 is 2.47 bits per heavy atom. The number of unbranched alkanes of at least 4 members (excludes halogenated alkanes) is 6. The third-order valence-corrected chi connectivity index (χ3v) is 2.97. The topological polar surface area (TPSA) is 71.8 Å². The van der Waals surface area contributed by atoms with Gasteiger partial charge in [-0.25, -0.2) is 9.78 Å². The van der Waals surface area contributed by atoms with Crippen molar-refractivity contribution in [1.29, 1.82) is 0 Å². The Kier molecular flexibility index (Phi) is 6.37. The number of nitrogen functional groups attached to an aromatic ring is 1. The highest BCUT2D eigenvalue weighted by atomic mass is 16.1. The van der Waals surface area contributed by atoms with Crippen LogP contribution in [-0.4, -0.2) is 9.97 Å². The first kappa shape index (κ1) is 13.7. The van der Waals surface area contributed by atoms with E-state index in [0.717, 1.165) is 18.4 Å². The highest BCUT2D eigenvalue weighted by Gasteiger charge is 2.00. The van der Waals surface area contributed by atoms with Gasteiger partial charge in [0.15, 0.2) is 0 Å². The fraction of sp³-hybridized carbons (Fsp3) is 0.692. The molecule has 0 saturated heterocycles. The number of rotatable bonds is 8. The van der Waals surface area contributed by atoms with Crippen molar-refractivity contribution >= 4 is 5.82 Å². The van der Waals surface area contributed by atoms with Crippen LogP contribution in [0.4, 0.5) is 5.82 Å². The Bertz CT molecular complexity index is 373. The van der Waals surface area contributed by atoms with Gasteiger partial charge in [0.2, 0.25) is 0 Å². The molecule has 0 aromatic carbocycles. The van der Waals surface area contributed by atoms with Gasteiger partial charge in [0.1, 0.15) is 5.82 Å². The Hall–Kier alpha value is -1.32. The number of nitrogens with zero attached hydrogens (tertiary/aromatic N) is 1. The van der Waals surface area contributed by atoms with Crippen molar-refractivity contribution in [3.05, 3.63) is 22.2 Å². The molecule has 4 heteroatoms. The van der Waals surface area contributed by atoms with Crippen molar-refractivity contribution in [3.8, 4) is 0 Å². The largest absolute Gasteiger partial charge is 0.385 e. The summed E-state index contributed by atoms with van der Waals surface area (Å²) in [6.45, 7) is 2.23. The Morgan fingerprint density at radius 1 is 1.18 bits per heavy atom. The zero-order valence-electron chi connectivity index (χ0n) is 10.7. The molecular formula is C13H23N3O. The van der Waals surface area contributed by atoms with E-state index in [1.165, 1.54) is 38.5 Å². The van der Waals surface area contributed by atoms with E-state index in [4.69, 9.17) is 5.73 Å². The maximum Gasteiger partial charge on any atom is 0.346 e. The minimum absolute atomic E-state index is 0.370. The number of anilines is 1. The molecule has 0 bridgehead atoms. The molecular weight excluding hydrogens is 214 g/mol. The number of H-pyrrole nitrogens is 1. The normalized spacial score (nSPS) is 10.6. The van der Waals surface area contributed by atoms with Gasteiger partial charge in [-0.2, -0.15) is 0 Å². The molecule has 1 aromatic heterocycles. The first-order valence-electron chi connectivity index (χ1n) is 6.57. The van der Waals surface area contributed by atoms with Crippen LogP contribution in [0.25, 0.3) is 0 Å². The molecule has 4 nitrogen and oxygen atoms in total. The maximum atomic E-state index is 10.9. The van der Waals surface area contributed by atoms with Gasteiger partial charge in [0.25, 0.3) is 0 Å². The van der Waals surface area contributed by atoms with E-state index in [1.807, 2.05) is 0 Å². The lowest BCUT2D eigenvalue weighted by molar-refractivity contribution is 0.589. The van der Waals surface area contributed by atoms with Crippen LogP contribution in [0.3, 0.4) is 0 Å². The third-order valence-electron chi connectivity index (χ3n) is 2.97.